The Balaban J connectivity index is 4.66. The lowest BCUT2D eigenvalue weighted by atomic mass is 9.73. The number of allylic oxidation sites excluding steroid dienone is 2. The van der Waals surface area contributed by atoms with Crippen molar-refractivity contribution in [2.24, 2.45) is 5.41 Å². The second-order valence-electron chi connectivity index (χ2n) is 3.60. The van der Waals surface area contributed by atoms with Gasteiger partial charge in [0.25, 0.3) is 0 Å². The third kappa shape index (κ3) is 2.00. The van der Waals surface area contributed by atoms with E-state index in [1.807, 2.05) is 0 Å². The summed E-state index contributed by atoms with van der Waals surface area (Å²) in [5.74, 6) is 0. The minimum absolute atomic E-state index is 0.170. The van der Waals surface area contributed by atoms with Crippen LogP contribution in [-0.2, 0) is 0 Å². The molecule has 0 nitrogen and oxygen atoms in total. The van der Waals surface area contributed by atoms with Crippen molar-refractivity contribution >= 4 is 0 Å². The van der Waals surface area contributed by atoms with Gasteiger partial charge in [-0.3, -0.25) is 0 Å². The van der Waals surface area contributed by atoms with Crippen LogP contribution in [0.1, 0.15) is 47.0 Å². The normalized spacial score (nSPS) is 11.3. The zero-order valence-electron chi connectivity index (χ0n) is 9.04. The fourth-order valence-corrected chi connectivity index (χ4v) is 1.53. The number of hydrogen-bond donors (Lipinski definition) is 0. The molecule has 0 saturated heterocycles. The molecule has 0 amide bonds. The molecule has 0 radical (unpaired) electrons. The zero-order valence-corrected chi connectivity index (χ0v) is 9.04. The Bertz CT molecular complexity index is 158. The van der Waals surface area contributed by atoms with Gasteiger partial charge in [-0.1, -0.05) is 52.0 Å². The van der Waals surface area contributed by atoms with E-state index in [1.165, 1.54) is 11.1 Å². The predicted molar refractivity (Wildman–Crippen MR) is 57.3 cm³/mol. The SMILES string of the molecule is C=C(CC)C(C)(CC)C(=C)CC. The first-order chi connectivity index (χ1) is 5.52. The van der Waals surface area contributed by atoms with E-state index >= 15 is 0 Å². The summed E-state index contributed by atoms with van der Waals surface area (Å²) in [6.07, 6.45) is 3.24. The van der Waals surface area contributed by atoms with Crippen molar-refractivity contribution in [3.05, 3.63) is 24.3 Å². The summed E-state index contributed by atoms with van der Waals surface area (Å²) >= 11 is 0. The maximum Gasteiger partial charge on any atom is 0.00840 e. The third-order valence-electron chi connectivity index (χ3n) is 3.12. The third-order valence-corrected chi connectivity index (χ3v) is 3.12. The first kappa shape index (κ1) is 11.5. The average Bonchev–Trinajstić information content (AvgIpc) is 2.13. The molecule has 0 spiro atoms. The van der Waals surface area contributed by atoms with Crippen molar-refractivity contribution in [2.45, 2.75) is 47.0 Å². The lowest BCUT2D eigenvalue weighted by molar-refractivity contribution is 0.440. The molecular formula is C12H22. The van der Waals surface area contributed by atoms with Crippen molar-refractivity contribution < 1.29 is 0 Å². The quantitative estimate of drug-likeness (QED) is 0.533. The lowest BCUT2D eigenvalue weighted by Crippen LogP contribution is -2.19. The molecule has 0 aromatic carbocycles. The fraction of sp³-hybridized carbons (Fsp3) is 0.667. The van der Waals surface area contributed by atoms with E-state index in [4.69, 9.17) is 0 Å². The van der Waals surface area contributed by atoms with Crippen LogP contribution < -0.4 is 0 Å². The van der Waals surface area contributed by atoms with Crippen LogP contribution in [0.25, 0.3) is 0 Å². The van der Waals surface area contributed by atoms with Gasteiger partial charge in [0.05, 0.1) is 0 Å². The van der Waals surface area contributed by atoms with Gasteiger partial charge in [-0.15, -0.1) is 0 Å². The first-order valence-corrected chi connectivity index (χ1v) is 4.89. The zero-order chi connectivity index (χ0) is 9.78. The Morgan fingerprint density at radius 1 is 1.00 bits per heavy atom. The van der Waals surface area contributed by atoms with Crippen LogP contribution in [0.3, 0.4) is 0 Å². The molecule has 0 heterocycles. The molecule has 0 atom stereocenters. The van der Waals surface area contributed by atoms with Crippen LogP contribution in [0, 0.1) is 5.41 Å². The van der Waals surface area contributed by atoms with Gasteiger partial charge in [0.2, 0.25) is 0 Å². The Hall–Kier alpha value is -0.520. The van der Waals surface area contributed by atoms with Crippen LogP contribution >= 0.6 is 0 Å². The van der Waals surface area contributed by atoms with Crippen molar-refractivity contribution in [3.63, 3.8) is 0 Å². The van der Waals surface area contributed by atoms with E-state index in [2.05, 4.69) is 40.9 Å². The Morgan fingerprint density at radius 3 is 1.50 bits per heavy atom. The lowest BCUT2D eigenvalue weighted by Gasteiger charge is -2.32. The van der Waals surface area contributed by atoms with Crippen LogP contribution in [0.2, 0.25) is 0 Å². The molecule has 0 heteroatoms. The summed E-state index contributed by atoms with van der Waals surface area (Å²) in [7, 11) is 0. The highest BCUT2D eigenvalue weighted by Crippen LogP contribution is 2.39. The largest absolute Gasteiger partial charge is 0.0990 e. The van der Waals surface area contributed by atoms with Crippen molar-refractivity contribution in [2.75, 3.05) is 0 Å². The smallest absolute Gasteiger partial charge is 0.00840 e. The van der Waals surface area contributed by atoms with Gasteiger partial charge in [0, 0.05) is 5.41 Å². The molecule has 0 saturated carbocycles. The topological polar surface area (TPSA) is 0 Å². The van der Waals surface area contributed by atoms with Gasteiger partial charge in [0.15, 0.2) is 0 Å². The summed E-state index contributed by atoms with van der Waals surface area (Å²) in [5, 5.41) is 0. The first-order valence-electron chi connectivity index (χ1n) is 4.89. The van der Waals surface area contributed by atoms with Gasteiger partial charge in [-0.05, 0) is 19.3 Å². The molecule has 0 fully saturated rings. The summed E-state index contributed by atoms with van der Waals surface area (Å²) in [4.78, 5) is 0. The highest BCUT2D eigenvalue weighted by molar-refractivity contribution is 5.23. The number of hydrogen-bond acceptors (Lipinski definition) is 0. The monoisotopic (exact) mass is 166 g/mol. The van der Waals surface area contributed by atoms with Gasteiger partial charge in [0.1, 0.15) is 0 Å². The van der Waals surface area contributed by atoms with Crippen LogP contribution in [0.5, 0.6) is 0 Å². The van der Waals surface area contributed by atoms with Crippen molar-refractivity contribution in [3.8, 4) is 0 Å². The fourth-order valence-electron chi connectivity index (χ4n) is 1.53. The molecular weight excluding hydrogens is 144 g/mol. The molecule has 0 N–H and O–H groups in total. The van der Waals surface area contributed by atoms with Gasteiger partial charge in [-0.2, -0.15) is 0 Å². The molecule has 0 aliphatic carbocycles. The standard InChI is InChI=1S/C12H22/c1-7-10(4)12(6,9-3)11(5)8-2/h4-5,7-9H2,1-3,6H3. The van der Waals surface area contributed by atoms with Gasteiger partial charge >= 0.3 is 0 Å². The van der Waals surface area contributed by atoms with Crippen LogP contribution in [0.4, 0.5) is 0 Å². The minimum Gasteiger partial charge on any atom is -0.0990 e. The molecule has 12 heavy (non-hydrogen) atoms. The second kappa shape index (κ2) is 4.49. The molecule has 0 rings (SSSR count). The summed E-state index contributed by atoms with van der Waals surface area (Å²) in [6, 6.07) is 0. The summed E-state index contributed by atoms with van der Waals surface area (Å²) in [6.45, 7) is 17.0. The van der Waals surface area contributed by atoms with E-state index in [1.54, 1.807) is 0 Å². The maximum absolute atomic E-state index is 4.12. The molecule has 0 bridgehead atoms. The van der Waals surface area contributed by atoms with Crippen molar-refractivity contribution in [1.29, 1.82) is 0 Å². The van der Waals surface area contributed by atoms with E-state index in [-0.39, 0.29) is 5.41 Å². The van der Waals surface area contributed by atoms with E-state index < -0.39 is 0 Å². The highest BCUT2D eigenvalue weighted by atomic mass is 14.3. The Kier molecular flexibility index (Phi) is 4.30. The minimum atomic E-state index is 0.170. The van der Waals surface area contributed by atoms with E-state index in [9.17, 15) is 0 Å². The average molecular weight is 166 g/mol. The van der Waals surface area contributed by atoms with E-state index in [0.29, 0.717) is 0 Å². The molecule has 0 aliphatic rings. The molecule has 0 aromatic heterocycles. The maximum atomic E-state index is 4.12. The van der Waals surface area contributed by atoms with Crippen molar-refractivity contribution in [1.82, 2.24) is 0 Å². The second-order valence-corrected chi connectivity index (χ2v) is 3.60. The summed E-state index contributed by atoms with van der Waals surface area (Å²) in [5.41, 5.74) is 2.80. The highest BCUT2D eigenvalue weighted by Gasteiger charge is 2.26. The summed E-state index contributed by atoms with van der Waals surface area (Å²) < 4.78 is 0. The molecule has 0 aromatic rings. The predicted octanol–water partition coefficient (Wildman–Crippen LogP) is 4.34. The molecule has 0 aliphatic heterocycles. The number of rotatable bonds is 5. The van der Waals surface area contributed by atoms with Crippen LogP contribution in [-0.4, -0.2) is 0 Å². The van der Waals surface area contributed by atoms with Crippen LogP contribution in [0.15, 0.2) is 24.3 Å². The Labute approximate surface area is 77.4 Å². The Morgan fingerprint density at radius 2 is 1.33 bits per heavy atom. The van der Waals surface area contributed by atoms with E-state index in [0.717, 1.165) is 19.3 Å². The van der Waals surface area contributed by atoms with Gasteiger partial charge < -0.3 is 0 Å². The van der Waals surface area contributed by atoms with Gasteiger partial charge in [-0.25, -0.2) is 0 Å². The molecule has 0 unspecified atom stereocenters. The molecule has 70 valence electrons.